The Labute approximate surface area is 146 Å². The van der Waals surface area contributed by atoms with Gasteiger partial charge in [-0.3, -0.25) is 0 Å². The molecule has 0 fully saturated rings. The van der Waals surface area contributed by atoms with Crippen molar-refractivity contribution >= 4 is 22.4 Å². The van der Waals surface area contributed by atoms with Crippen LogP contribution >= 0.6 is 0 Å². The third-order valence-electron chi connectivity index (χ3n) is 3.67. The van der Waals surface area contributed by atoms with Crippen molar-refractivity contribution in [2.45, 2.75) is 0 Å². The molecule has 3 aromatic carbocycles. The first-order chi connectivity index (χ1) is 11.4. The highest BCUT2D eigenvalue weighted by molar-refractivity contribution is 5.92. The second kappa shape index (κ2) is 7.11. The van der Waals surface area contributed by atoms with E-state index in [4.69, 9.17) is 9.97 Å². The lowest BCUT2D eigenvalue weighted by Crippen LogP contribution is -3.00. The van der Waals surface area contributed by atoms with Crippen LogP contribution in [0.3, 0.4) is 0 Å². The molecule has 0 bridgehead atoms. The number of nitrogens with one attached hydrogen (secondary N) is 1. The second-order valence-electron chi connectivity index (χ2n) is 5.27. The Kier molecular flexibility index (Phi) is 4.73. The zero-order valence-electron chi connectivity index (χ0n) is 12.9. The van der Waals surface area contributed by atoms with Crippen LogP contribution in [0, 0.1) is 0 Å². The van der Waals surface area contributed by atoms with Crippen LogP contribution in [0.4, 0.5) is 11.5 Å². The van der Waals surface area contributed by atoms with Crippen molar-refractivity contribution in [3.05, 3.63) is 84.9 Å². The summed E-state index contributed by atoms with van der Waals surface area (Å²) in [5.41, 5.74) is 2.95. The predicted molar refractivity (Wildman–Crippen MR) is 94.7 cm³/mol. The van der Waals surface area contributed by atoms with Gasteiger partial charge in [0.25, 0.3) is 0 Å². The highest BCUT2D eigenvalue weighted by Crippen LogP contribution is 2.27. The average Bonchev–Trinajstić information content (AvgIpc) is 2.63. The Hall–Kier alpha value is -2.91. The summed E-state index contributed by atoms with van der Waals surface area (Å²) in [6.07, 6.45) is 0. The molecule has 1 N–H and O–H groups in total. The van der Waals surface area contributed by atoms with E-state index < -0.39 is 0 Å². The van der Waals surface area contributed by atoms with E-state index in [1.165, 1.54) is 0 Å². The van der Waals surface area contributed by atoms with Gasteiger partial charge in [-0.15, -0.1) is 0 Å². The van der Waals surface area contributed by atoms with E-state index in [0.29, 0.717) is 0 Å². The number of nitrogens with zero attached hydrogens (tertiary/aromatic N) is 2. The summed E-state index contributed by atoms with van der Waals surface area (Å²) in [5.74, 6) is 1.54. The quantitative estimate of drug-likeness (QED) is 0.624. The van der Waals surface area contributed by atoms with Gasteiger partial charge in [-0.2, -0.15) is 0 Å². The van der Waals surface area contributed by atoms with E-state index in [-0.39, 0.29) is 12.4 Å². The molecule has 118 valence electrons. The summed E-state index contributed by atoms with van der Waals surface area (Å²) in [6.45, 7) is 0. The van der Waals surface area contributed by atoms with E-state index in [1.807, 2.05) is 84.9 Å². The minimum atomic E-state index is 0. The fourth-order valence-corrected chi connectivity index (χ4v) is 2.55. The summed E-state index contributed by atoms with van der Waals surface area (Å²) in [6, 6.07) is 28.1. The molecule has 0 aliphatic carbocycles. The molecule has 4 aromatic rings. The third kappa shape index (κ3) is 3.21. The molecule has 0 saturated heterocycles. The maximum Gasteiger partial charge on any atom is 0.162 e. The lowest BCUT2D eigenvalue weighted by molar-refractivity contribution is -0.00000459. The van der Waals surface area contributed by atoms with E-state index in [2.05, 4.69) is 5.32 Å². The minimum absolute atomic E-state index is 0. The Morgan fingerprint density at radius 3 is 2.00 bits per heavy atom. The van der Waals surface area contributed by atoms with Crippen LogP contribution in [0.1, 0.15) is 0 Å². The SMILES string of the molecule is [Cl-].c1ccc(Nc2nc(-c3ccccc3)nc3ccccc23)cc1. The van der Waals surface area contributed by atoms with Crippen molar-refractivity contribution in [3.8, 4) is 11.4 Å². The van der Waals surface area contributed by atoms with Gasteiger partial charge >= 0.3 is 0 Å². The molecule has 4 rings (SSSR count). The Morgan fingerprint density at radius 1 is 0.625 bits per heavy atom. The Bertz CT molecular complexity index is 941. The van der Waals surface area contributed by atoms with Crippen LogP contribution in [-0.2, 0) is 0 Å². The van der Waals surface area contributed by atoms with Crippen LogP contribution in [0.15, 0.2) is 84.9 Å². The van der Waals surface area contributed by atoms with Gasteiger partial charge in [0.2, 0.25) is 0 Å². The van der Waals surface area contributed by atoms with Crippen molar-refractivity contribution in [1.29, 1.82) is 0 Å². The molecule has 3 nitrogen and oxygen atoms in total. The highest BCUT2D eigenvalue weighted by atomic mass is 35.5. The minimum Gasteiger partial charge on any atom is -1.00 e. The van der Waals surface area contributed by atoms with Gasteiger partial charge in [0.1, 0.15) is 5.82 Å². The molecule has 1 heterocycles. The summed E-state index contributed by atoms with van der Waals surface area (Å²) in [7, 11) is 0. The van der Waals surface area contributed by atoms with Gasteiger partial charge in [0, 0.05) is 16.6 Å². The molecule has 0 spiro atoms. The smallest absolute Gasteiger partial charge is 0.162 e. The molecule has 0 radical (unpaired) electrons. The highest BCUT2D eigenvalue weighted by Gasteiger charge is 2.09. The molecule has 24 heavy (non-hydrogen) atoms. The number of benzene rings is 3. The van der Waals surface area contributed by atoms with Crippen molar-refractivity contribution < 1.29 is 12.4 Å². The first-order valence-electron chi connectivity index (χ1n) is 7.54. The Morgan fingerprint density at radius 2 is 1.25 bits per heavy atom. The number of fused-ring (bicyclic) bond motifs is 1. The largest absolute Gasteiger partial charge is 1.00 e. The number of rotatable bonds is 3. The maximum absolute atomic E-state index is 4.74. The third-order valence-corrected chi connectivity index (χ3v) is 3.67. The van der Waals surface area contributed by atoms with Crippen molar-refractivity contribution in [2.75, 3.05) is 5.32 Å². The van der Waals surface area contributed by atoms with E-state index in [1.54, 1.807) is 0 Å². The van der Waals surface area contributed by atoms with Crippen LogP contribution in [0.5, 0.6) is 0 Å². The van der Waals surface area contributed by atoms with Crippen LogP contribution < -0.4 is 17.7 Å². The van der Waals surface area contributed by atoms with Crippen molar-refractivity contribution in [1.82, 2.24) is 9.97 Å². The van der Waals surface area contributed by atoms with E-state index in [0.717, 1.165) is 33.8 Å². The monoisotopic (exact) mass is 332 g/mol. The number of halogens is 1. The van der Waals surface area contributed by atoms with Gasteiger partial charge in [-0.1, -0.05) is 60.7 Å². The number of anilines is 2. The molecule has 0 amide bonds. The molecular formula is C20H15ClN3-. The van der Waals surface area contributed by atoms with Gasteiger partial charge in [0.05, 0.1) is 5.52 Å². The lowest BCUT2D eigenvalue weighted by atomic mass is 10.2. The fraction of sp³-hybridized carbons (Fsp3) is 0. The van der Waals surface area contributed by atoms with Gasteiger partial charge in [-0.25, -0.2) is 9.97 Å². The second-order valence-corrected chi connectivity index (χ2v) is 5.27. The normalized spacial score (nSPS) is 10.2. The first-order valence-corrected chi connectivity index (χ1v) is 7.54. The molecule has 0 atom stereocenters. The number of hydrogen-bond donors (Lipinski definition) is 1. The standard InChI is InChI=1S/C20H15N3.ClH/c1-3-9-15(10-4-1)19-22-18-14-8-7-13-17(18)20(23-19)21-16-11-5-2-6-12-16;/h1-14H,(H,21,22,23);1H/p-1. The number of aromatic nitrogens is 2. The van der Waals surface area contributed by atoms with Crippen LogP contribution in [0.2, 0.25) is 0 Å². The van der Waals surface area contributed by atoms with Crippen molar-refractivity contribution in [3.63, 3.8) is 0 Å². The molecule has 4 heteroatoms. The lowest BCUT2D eigenvalue weighted by Gasteiger charge is -2.11. The number of hydrogen-bond acceptors (Lipinski definition) is 3. The van der Waals surface area contributed by atoms with Crippen LogP contribution in [0.25, 0.3) is 22.3 Å². The van der Waals surface area contributed by atoms with Gasteiger partial charge < -0.3 is 17.7 Å². The zero-order valence-corrected chi connectivity index (χ0v) is 13.6. The zero-order chi connectivity index (χ0) is 15.5. The molecule has 0 saturated carbocycles. The predicted octanol–water partition coefficient (Wildman–Crippen LogP) is 2.04. The molecule has 0 aliphatic heterocycles. The Balaban J connectivity index is 0.00000169. The summed E-state index contributed by atoms with van der Waals surface area (Å²) >= 11 is 0. The van der Waals surface area contributed by atoms with Crippen LogP contribution in [-0.4, -0.2) is 9.97 Å². The molecule has 0 aliphatic rings. The summed E-state index contributed by atoms with van der Waals surface area (Å²) in [4.78, 5) is 9.44. The molecular weight excluding hydrogens is 318 g/mol. The van der Waals surface area contributed by atoms with Crippen molar-refractivity contribution in [2.24, 2.45) is 0 Å². The summed E-state index contributed by atoms with van der Waals surface area (Å²) in [5, 5.41) is 4.42. The molecule has 1 aromatic heterocycles. The fourth-order valence-electron chi connectivity index (χ4n) is 2.55. The van der Waals surface area contributed by atoms with E-state index in [9.17, 15) is 0 Å². The first kappa shape index (κ1) is 16.0. The summed E-state index contributed by atoms with van der Waals surface area (Å²) < 4.78 is 0. The average molecular weight is 333 g/mol. The molecule has 0 unspecified atom stereocenters. The maximum atomic E-state index is 4.74. The van der Waals surface area contributed by atoms with E-state index >= 15 is 0 Å². The van der Waals surface area contributed by atoms with Gasteiger partial charge in [-0.05, 0) is 24.3 Å². The topological polar surface area (TPSA) is 37.8 Å². The number of para-hydroxylation sites is 2. The van der Waals surface area contributed by atoms with Gasteiger partial charge in [0.15, 0.2) is 5.82 Å².